The Morgan fingerprint density at radius 2 is 2.13 bits per heavy atom. The Morgan fingerprint density at radius 1 is 1.47 bits per heavy atom. The van der Waals surface area contributed by atoms with Crippen molar-refractivity contribution in [1.82, 2.24) is 0 Å². The molecule has 1 unspecified atom stereocenters. The summed E-state index contributed by atoms with van der Waals surface area (Å²) in [6, 6.07) is 7.46. The monoisotopic (exact) mass is 225 g/mol. The molecule has 2 N–H and O–H groups in total. The molecule has 15 heavy (non-hydrogen) atoms. The molecule has 1 rings (SSSR count). The van der Waals surface area contributed by atoms with E-state index in [0.717, 1.165) is 5.56 Å². The molecule has 0 aliphatic rings. The van der Waals surface area contributed by atoms with Gasteiger partial charge in [0.15, 0.2) is 0 Å². The van der Waals surface area contributed by atoms with E-state index in [9.17, 15) is 0 Å². The van der Waals surface area contributed by atoms with E-state index in [1.54, 1.807) is 7.11 Å². The summed E-state index contributed by atoms with van der Waals surface area (Å²) in [7, 11) is 1.64. The summed E-state index contributed by atoms with van der Waals surface area (Å²) in [5, 5.41) is 0. The van der Waals surface area contributed by atoms with Gasteiger partial charge in [-0.2, -0.15) is 0 Å². The maximum Gasteiger partial charge on any atom is 0.130 e. The molecular formula is C11H15NO2S. The van der Waals surface area contributed by atoms with Crippen LogP contribution in [0.2, 0.25) is 0 Å². The summed E-state index contributed by atoms with van der Waals surface area (Å²) in [4.78, 5) is 0.343. The summed E-state index contributed by atoms with van der Waals surface area (Å²) in [5.74, 6) is 0.703. The van der Waals surface area contributed by atoms with E-state index >= 15 is 0 Å². The molecule has 4 heteroatoms. The molecular weight excluding hydrogens is 210 g/mol. The van der Waals surface area contributed by atoms with E-state index in [-0.39, 0.29) is 6.10 Å². The maximum atomic E-state index is 5.65. The van der Waals surface area contributed by atoms with Crippen molar-refractivity contribution >= 4 is 17.2 Å². The summed E-state index contributed by atoms with van der Waals surface area (Å²) >= 11 is 4.93. The zero-order valence-electron chi connectivity index (χ0n) is 8.90. The number of thiocarbonyl (C=S) groups is 1. The van der Waals surface area contributed by atoms with Crippen molar-refractivity contribution < 1.29 is 9.47 Å². The zero-order chi connectivity index (χ0) is 11.3. The first-order valence-corrected chi connectivity index (χ1v) is 5.10. The van der Waals surface area contributed by atoms with Gasteiger partial charge in [-0.15, -0.1) is 0 Å². The molecule has 0 saturated carbocycles. The lowest BCUT2D eigenvalue weighted by Gasteiger charge is -2.16. The largest absolute Gasteiger partial charge is 0.488 e. The summed E-state index contributed by atoms with van der Waals surface area (Å²) in [6.07, 6.45) is -0.0227. The average molecular weight is 225 g/mol. The molecule has 1 aromatic carbocycles. The average Bonchev–Trinajstić information content (AvgIpc) is 2.18. The number of benzene rings is 1. The minimum atomic E-state index is -0.0227. The van der Waals surface area contributed by atoms with Crippen LogP contribution >= 0.6 is 12.2 Å². The first-order chi connectivity index (χ1) is 7.15. The smallest absolute Gasteiger partial charge is 0.130 e. The molecule has 1 atom stereocenters. The molecule has 0 radical (unpaired) electrons. The molecule has 0 bridgehead atoms. The fourth-order valence-electron chi connectivity index (χ4n) is 1.26. The Labute approximate surface area is 95.2 Å². The first kappa shape index (κ1) is 11.9. The van der Waals surface area contributed by atoms with Gasteiger partial charge in [0.2, 0.25) is 0 Å². The fraction of sp³-hybridized carbons (Fsp3) is 0.364. The number of nitrogens with two attached hydrogens (primary N) is 1. The zero-order valence-corrected chi connectivity index (χ0v) is 9.71. The lowest BCUT2D eigenvalue weighted by molar-refractivity contribution is 0.0920. The lowest BCUT2D eigenvalue weighted by Crippen LogP contribution is -2.20. The van der Waals surface area contributed by atoms with Crippen LogP contribution in [-0.2, 0) is 4.74 Å². The van der Waals surface area contributed by atoms with Crippen molar-refractivity contribution in [3.63, 3.8) is 0 Å². The third-order valence-electron chi connectivity index (χ3n) is 1.88. The van der Waals surface area contributed by atoms with E-state index in [0.29, 0.717) is 17.3 Å². The van der Waals surface area contributed by atoms with Gasteiger partial charge in [0, 0.05) is 7.11 Å². The van der Waals surface area contributed by atoms with Gasteiger partial charge in [0.25, 0.3) is 0 Å². The highest BCUT2D eigenvalue weighted by molar-refractivity contribution is 7.80. The third-order valence-corrected chi connectivity index (χ3v) is 2.10. The Bertz CT molecular complexity index is 341. The van der Waals surface area contributed by atoms with E-state index in [1.807, 2.05) is 31.2 Å². The molecule has 0 aliphatic carbocycles. The normalized spacial score (nSPS) is 12.1. The second-order valence-electron chi connectivity index (χ2n) is 3.24. The van der Waals surface area contributed by atoms with Gasteiger partial charge >= 0.3 is 0 Å². The van der Waals surface area contributed by atoms with Crippen LogP contribution in [0, 0.1) is 0 Å². The molecule has 0 heterocycles. The molecule has 3 nitrogen and oxygen atoms in total. The van der Waals surface area contributed by atoms with Crippen LogP contribution in [-0.4, -0.2) is 24.8 Å². The van der Waals surface area contributed by atoms with E-state index in [1.165, 1.54) is 0 Å². The van der Waals surface area contributed by atoms with Gasteiger partial charge < -0.3 is 15.2 Å². The number of ether oxygens (including phenoxy) is 2. The molecule has 82 valence electrons. The number of hydrogen-bond donors (Lipinski definition) is 1. The predicted molar refractivity (Wildman–Crippen MR) is 64.3 cm³/mol. The van der Waals surface area contributed by atoms with E-state index in [4.69, 9.17) is 27.4 Å². The SMILES string of the molecule is COCC(C)Oc1ccccc1C(N)=S. The van der Waals surface area contributed by atoms with Gasteiger partial charge in [0.1, 0.15) is 16.8 Å². The summed E-state index contributed by atoms with van der Waals surface area (Å²) in [5.41, 5.74) is 6.34. The van der Waals surface area contributed by atoms with Crippen LogP contribution in [0.25, 0.3) is 0 Å². The highest BCUT2D eigenvalue weighted by Crippen LogP contribution is 2.19. The molecule has 0 spiro atoms. The Kier molecular flexibility index (Phi) is 4.52. The Hall–Kier alpha value is -1.13. The first-order valence-electron chi connectivity index (χ1n) is 4.69. The van der Waals surface area contributed by atoms with Crippen molar-refractivity contribution in [3.05, 3.63) is 29.8 Å². The van der Waals surface area contributed by atoms with E-state index < -0.39 is 0 Å². The number of para-hydroxylation sites is 1. The predicted octanol–water partition coefficient (Wildman–Crippen LogP) is 1.73. The third kappa shape index (κ3) is 3.49. The molecule has 1 aromatic rings. The molecule has 0 aromatic heterocycles. The van der Waals surface area contributed by atoms with Gasteiger partial charge in [-0.25, -0.2) is 0 Å². The van der Waals surface area contributed by atoms with Crippen LogP contribution < -0.4 is 10.5 Å². The second-order valence-corrected chi connectivity index (χ2v) is 3.68. The minimum Gasteiger partial charge on any atom is -0.488 e. The van der Waals surface area contributed by atoms with Gasteiger partial charge in [0.05, 0.1) is 12.2 Å². The Morgan fingerprint density at radius 3 is 2.73 bits per heavy atom. The van der Waals surface area contributed by atoms with Crippen LogP contribution in [0.4, 0.5) is 0 Å². The molecule has 0 saturated heterocycles. The quantitative estimate of drug-likeness (QED) is 0.775. The van der Waals surface area contributed by atoms with Crippen LogP contribution in [0.3, 0.4) is 0 Å². The fourth-order valence-corrected chi connectivity index (χ4v) is 1.43. The van der Waals surface area contributed by atoms with Crippen LogP contribution in [0.5, 0.6) is 5.75 Å². The van der Waals surface area contributed by atoms with Gasteiger partial charge in [-0.3, -0.25) is 0 Å². The van der Waals surface area contributed by atoms with Crippen molar-refractivity contribution in [2.75, 3.05) is 13.7 Å². The number of hydrogen-bond acceptors (Lipinski definition) is 3. The maximum absolute atomic E-state index is 5.65. The minimum absolute atomic E-state index is 0.0227. The highest BCUT2D eigenvalue weighted by atomic mass is 32.1. The van der Waals surface area contributed by atoms with Crippen LogP contribution in [0.1, 0.15) is 12.5 Å². The lowest BCUT2D eigenvalue weighted by atomic mass is 10.2. The van der Waals surface area contributed by atoms with Crippen LogP contribution in [0.15, 0.2) is 24.3 Å². The van der Waals surface area contributed by atoms with Crippen molar-refractivity contribution in [1.29, 1.82) is 0 Å². The van der Waals surface area contributed by atoms with Gasteiger partial charge in [-0.1, -0.05) is 24.4 Å². The molecule has 0 aliphatic heterocycles. The second kappa shape index (κ2) is 5.68. The van der Waals surface area contributed by atoms with Crippen molar-refractivity contribution in [2.24, 2.45) is 5.73 Å². The summed E-state index contributed by atoms with van der Waals surface area (Å²) in [6.45, 7) is 2.46. The molecule has 0 fully saturated rings. The van der Waals surface area contributed by atoms with Gasteiger partial charge in [-0.05, 0) is 19.1 Å². The van der Waals surface area contributed by atoms with E-state index in [2.05, 4.69) is 0 Å². The summed E-state index contributed by atoms with van der Waals surface area (Å²) < 4.78 is 10.6. The number of methoxy groups -OCH3 is 1. The molecule has 0 amide bonds. The Balaban J connectivity index is 2.79. The van der Waals surface area contributed by atoms with Crippen molar-refractivity contribution in [2.45, 2.75) is 13.0 Å². The van der Waals surface area contributed by atoms with Crippen molar-refractivity contribution in [3.8, 4) is 5.75 Å². The standard InChI is InChI=1S/C11H15NO2S/c1-8(7-13-2)14-10-6-4-3-5-9(10)11(12)15/h3-6,8H,7H2,1-2H3,(H2,12,15). The number of rotatable bonds is 5. The topological polar surface area (TPSA) is 44.5 Å². The highest BCUT2D eigenvalue weighted by Gasteiger charge is 2.09.